The van der Waals surface area contributed by atoms with Gasteiger partial charge >= 0.3 is 0 Å². The van der Waals surface area contributed by atoms with Crippen LogP contribution in [0.25, 0.3) is 15.9 Å². The summed E-state index contributed by atoms with van der Waals surface area (Å²) in [7, 11) is 1.56. The molecular weight excluding hydrogens is 488 g/mol. The highest BCUT2D eigenvalue weighted by atomic mass is 32.2. The van der Waals surface area contributed by atoms with E-state index in [1.165, 1.54) is 42.2 Å². The fourth-order valence-electron chi connectivity index (χ4n) is 2.66. The minimum Gasteiger partial charge on any atom is -0.362 e. The van der Waals surface area contributed by atoms with Gasteiger partial charge in [-0.2, -0.15) is 0 Å². The zero-order valence-corrected chi connectivity index (χ0v) is 22.9. The van der Waals surface area contributed by atoms with Crippen LogP contribution in [0.5, 0.6) is 0 Å². The van der Waals surface area contributed by atoms with E-state index in [1.807, 2.05) is 33.1 Å². The lowest BCUT2D eigenvalue weighted by Crippen LogP contribution is -2.21. The molecule has 0 aliphatic heterocycles. The number of thiophene rings is 1. The molecule has 0 saturated heterocycles. The molecule has 0 aliphatic rings. The van der Waals surface area contributed by atoms with Gasteiger partial charge in [-0.05, 0) is 60.7 Å². The average molecular weight is 524 g/mol. The molecule has 0 fully saturated rings. The largest absolute Gasteiger partial charge is 0.362 e. The highest BCUT2D eigenvalue weighted by molar-refractivity contribution is 7.99. The molecule has 1 aromatic carbocycles. The Morgan fingerprint density at radius 2 is 1.86 bits per heavy atom. The van der Waals surface area contributed by atoms with Crippen molar-refractivity contribution in [2.45, 2.75) is 52.6 Å². The lowest BCUT2D eigenvalue weighted by molar-refractivity contribution is -0.109. The summed E-state index contributed by atoms with van der Waals surface area (Å²) in [6, 6.07) is 5.91. The fourth-order valence-corrected chi connectivity index (χ4v) is 4.39. The summed E-state index contributed by atoms with van der Waals surface area (Å²) >= 11 is 2.97. The van der Waals surface area contributed by atoms with E-state index < -0.39 is 0 Å². The molecule has 0 spiro atoms. The number of thioether (sulfide) groups is 1. The molecule has 0 unspecified atom stereocenters. The number of rotatable bonds is 7. The Hall–Kier alpha value is -2.78. The SMILES string of the molecule is C=CCc1csc2nc(SCC)n(-c3ccc(F)cc3)c(=O)c12.CC.CC/C=C(\C)F.CNC=O. The fraction of sp³-hybridized carbons (Fsp3) is 0.346. The molecule has 1 amide bonds. The van der Waals surface area contributed by atoms with Gasteiger partial charge in [0.1, 0.15) is 10.6 Å². The smallest absolute Gasteiger partial charge is 0.267 e. The van der Waals surface area contributed by atoms with Crippen LogP contribution in [0.3, 0.4) is 0 Å². The molecule has 35 heavy (non-hydrogen) atoms. The minimum absolute atomic E-state index is 0.0856. The second-order valence-electron chi connectivity index (χ2n) is 6.48. The van der Waals surface area contributed by atoms with Gasteiger partial charge in [-0.3, -0.25) is 14.2 Å². The lowest BCUT2D eigenvalue weighted by atomic mass is 10.2. The molecule has 0 saturated carbocycles. The van der Waals surface area contributed by atoms with Crippen LogP contribution in [0.15, 0.2) is 64.2 Å². The van der Waals surface area contributed by atoms with Gasteiger partial charge in [-0.25, -0.2) is 13.8 Å². The first-order valence-corrected chi connectivity index (χ1v) is 13.2. The third-order valence-corrected chi connectivity index (χ3v) is 5.72. The summed E-state index contributed by atoms with van der Waals surface area (Å²) in [5.41, 5.74) is 1.44. The van der Waals surface area contributed by atoms with Crippen molar-refractivity contribution in [1.29, 1.82) is 0 Å². The van der Waals surface area contributed by atoms with Crippen molar-refractivity contribution >= 4 is 39.7 Å². The number of nitrogens with one attached hydrogen (secondary N) is 1. The molecule has 3 rings (SSSR count). The van der Waals surface area contributed by atoms with Crippen molar-refractivity contribution in [3.63, 3.8) is 0 Å². The van der Waals surface area contributed by atoms with E-state index >= 15 is 0 Å². The average Bonchev–Trinajstić information content (AvgIpc) is 3.25. The normalized spacial score (nSPS) is 10.1. The first-order chi connectivity index (χ1) is 16.8. The van der Waals surface area contributed by atoms with Gasteiger partial charge in [0, 0.05) is 7.05 Å². The van der Waals surface area contributed by atoms with E-state index in [9.17, 15) is 13.6 Å². The molecule has 5 nitrogen and oxygen atoms in total. The number of carbonyl (C=O) groups excluding carboxylic acids is 1. The highest BCUT2D eigenvalue weighted by Gasteiger charge is 2.16. The monoisotopic (exact) mass is 523 g/mol. The number of halogens is 2. The van der Waals surface area contributed by atoms with E-state index in [-0.39, 0.29) is 17.2 Å². The molecule has 0 aliphatic carbocycles. The van der Waals surface area contributed by atoms with Gasteiger partial charge in [0.05, 0.1) is 16.9 Å². The zero-order valence-electron chi connectivity index (χ0n) is 21.2. The van der Waals surface area contributed by atoms with Crippen LogP contribution in [-0.2, 0) is 11.2 Å². The van der Waals surface area contributed by atoms with E-state index in [1.54, 1.807) is 35.9 Å². The Morgan fingerprint density at radius 1 is 1.26 bits per heavy atom. The van der Waals surface area contributed by atoms with Gasteiger partial charge in [0.2, 0.25) is 6.41 Å². The van der Waals surface area contributed by atoms with Gasteiger partial charge < -0.3 is 5.32 Å². The van der Waals surface area contributed by atoms with Crippen molar-refractivity contribution < 1.29 is 13.6 Å². The number of hydrogen-bond donors (Lipinski definition) is 1. The number of aromatic nitrogens is 2. The van der Waals surface area contributed by atoms with Crippen LogP contribution in [0.4, 0.5) is 8.78 Å². The van der Waals surface area contributed by atoms with Crippen LogP contribution in [-0.4, -0.2) is 28.8 Å². The van der Waals surface area contributed by atoms with E-state index in [0.717, 1.165) is 22.6 Å². The maximum atomic E-state index is 13.2. The maximum Gasteiger partial charge on any atom is 0.267 e. The number of nitrogens with zero attached hydrogens (tertiary/aromatic N) is 2. The molecule has 3 aromatic rings. The number of allylic oxidation sites excluding steroid dienone is 3. The predicted octanol–water partition coefficient (Wildman–Crippen LogP) is 7.08. The first-order valence-electron chi connectivity index (χ1n) is 11.3. The Morgan fingerprint density at radius 3 is 2.29 bits per heavy atom. The van der Waals surface area contributed by atoms with Crippen LogP contribution in [0.1, 0.15) is 46.6 Å². The molecule has 2 aromatic heterocycles. The highest BCUT2D eigenvalue weighted by Crippen LogP contribution is 2.27. The first kappa shape index (κ1) is 32.2. The molecule has 9 heteroatoms. The van der Waals surface area contributed by atoms with Gasteiger partial charge in [0.25, 0.3) is 5.56 Å². The number of fused-ring (bicyclic) bond motifs is 1. The number of hydrogen-bond acceptors (Lipinski definition) is 5. The molecule has 192 valence electrons. The maximum absolute atomic E-state index is 13.2. The molecule has 0 radical (unpaired) electrons. The third-order valence-electron chi connectivity index (χ3n) is 3.98. The summed E-state index contributed by atoms with van der Waals surface area (Å²) < 4.78 is 26.3. The Kier molecular flexibility index (Phi) is 17.1. The van der Waals surface area contributed by atoms with E-state index in [4.69, 9.17) is 4.79 Å². The standard InChI is InChI=1S/C17H15FN2OS2.C5H9F.C2H5NO.C2H6/c1-3-5-11-10-23-15-14(11)16(21)20(17(19-15)22-4-2)13-8-6-12(18)7-9-13;1-3-4-5(2)6;1-3-2-4;1-2/h3,6-10H,1,4-5H2,2H3;4H,3H2,1-2H3;2H,1H3,(H,3,4);1-2H3/b;5-4+;;. The van der Waals surface area contributed by atoms with Crippen molar-refractivity contribution in [3.8, 4) is 5.69 Å². The van der Waals surface area contributed by atoms with E-state index in [0.29, 0.717) is 29.1 Å². The number of benzene rings is 1. The van der Waals surface area contributed by atoms with Crippen LogP contribution < -0.4 is 10.9 Å². The summed E-state index contributed by atoms with van der Waals surface area (Å²) in [4.78, 5) is 27.5. The minimum atomic E-state index is -0.330. The predicted molar refractivity (Wildman–Crippen MR) is 147 cm³/mol. The summed E-state index contributed by atoms with van der Waals surface area (Å²) in [6.45, 7) is 13.1. The molecule has 0 bridgehead atoms. The Bertz CT molecular complexity index is 1120. The topological polar surface area (TPSA) is 64.0 Å². The van der Waals surface area contributed by atoms with Crippen LogP contribution in [0, 0.1) is 5.82 Å². The van der Waals surface area contributed by atoms with Crippen molar-refractivity contribution in [2.24, 2.45) is 0 Å². The number of amides is 1. The van der Waals surface area contributed by atoms with Crippen molar-refractivity contribution in [2.75, 3.05) is 12.8 Å². The van der Waals surface area contributed by atoms with Crippen molar-refractivity contribution in [1.82, 2.24) is 14.9 Å². The Labute approximate surface area is 215 Å². The third kappa shape index (κ3) is 10.6. The van der Waals surface area contributed by atoms with Gasteiger partial charge in [0.15, 0.2) is 5.16 Å². The molecular formula is C26H35F2N3O2S2. The zero-order chi connectivity index (χ0) is 26.8. The quantitative estimate of drug-likeness (QED) is 0.155. The molecule has 0 atom stereocenters. The number of carbonyl (C=O) groups is 1. The van der Waals surface area contributed by atoms with Crippen LogP contribution in [0.2, 0.25) is 0 Å². The van der Waals surface area contributed by atoms with Crippen LogP contribution >= 0.6 is 23.1 Å². The summed E-state index contributed by atoms with van der Waals surface area (Å²) in [6.07, 6.45) is 5.36. The van der Waals surface area contributed by atoms with Gasteiger partial charge in [-0.1, -0.05) is 51.6 Å². The second kappa shape index (κ2) is 18.5. The molecule has 1 N–H and O–H groups in total. The second-order valence-corrected chi connectivity index (χ2v) is 8.57. The van der Waals surface area contributed by atoms with Gasteiger partial charge in [-0.15, -0.1) is 17.9 Å². The Balaban J connectivity index is 0.000000810. The molecule has 2 heterocycles. The van der Waals surface area contributed by atoms with E-state index in [2.05, 4.69) is 16.9 Å². The summed E-state index contributed by atoms with van der Waals surface area (Å²) in [5, 5.41) is 5.46. The summed E-state index contributed by atoms with van der Waals surface area (Å²) in [5.74, 6) is 0.380. The lowest BCUT2D eigenvalue weighted by Gasteiger charge is -2.11. The van der Waals surface area contributed by atoms with Crippen molar-refractivity contribution in [3.05, 3.63) is 75.9 Å².